The molecule has 0 aromatic heterocycles. The highest BCUT2D eigenvalue weighted by Crippen LogP contribution is 2.29. The number of nitro benzene ring substituents is 1. The molecule has 10 heteroatoms. The van der Waals surface area contributed by atoms with E-state index in [9.17, 15) is 23.9 Å². The zero-order valence-electron chi connectivity index (χ0n) is 15.3. The molecule has 1 N–H and O–H groups in total. The summed E-state index contributed by atoms with van der Waals surface area (Å²) in [5, 5.41) is 13.6. The molecule has 2 rings (SSSR count). The van der Waals surface area contributed by atoms with Crippen LogP contribution in [0.2, 0.25) is 0 Å². The number of hydrogen-bond acceptors (Lipinski definition) is 7. The van der Waals surface area contributed by atoms with E-state index in [1.54, 1.807) is 12.1 Å². The summed E-state index contributed by atoms with van der Waals surface area (Å²) < 4.78 is 21.8. The molecule has 0 saturated carbocycles. The van der Waals surface area contributed by atoms with Crippen molar-refractivity contribution < 1.29 is 28.2 Å². The number of carbonyl (C=O) groups excluding carboxylic acids is 2. The molecule has 0 spiro atoms. The molecular weight excluding hydrogens is 388 g/mol. The van der Waals surface area contributed by atoms with Crippen molar-refractivity contribution in [3.05, 3.63) is 58.1 Å². The molecule has 28 heavy (non-hydrogen) atoms. The molecule has 0 heterocycles. The minimum absolute atomic E-state index is 0.0613. The average Bonchev–Trinajstić information content (AvgIpc) is 2.67. The van der Waals surface area contributed by atoms with Crippen LogP contribution in [0.3, 0.4) is 0 Å². The highest BCUT2D eigenvalue weighted by atomic mass is 32.2. The number of nitrogens with zero attached hydrogens (tertiary/aromatic N) is 1. The van der Waals surface area contributed by atoms with E-state index in [0.717, 1.165) is 0 Å². The maximum atomic E-state index is 12.3. The lowest BCUT2D eigenvalue weighted by Gasteiger charge is -2.15. The second-order valence-corrected chi connectivity index (χ2v) is 6.98. The van der Waals surface area contributed by atoms with Crippen molar-refractivity contribution in [2.75, 3.05) is 18.7 Å². The SMILES string of the molecule is COc1ccc(NC(=O)[C@H](C)OC(=O)c2ccccc2[S@@](C)=O)c([N+](=O)[O-])c1. The standard InChI is InChI=1S/C18H18N2O7S/c1-11(27-18(22)13-6-4-5-7-16(13)28(3)25)17(21)19-14-9-8-12(26-2)10-15(14)20(23)24/h4-11H,1-3H3,(H,19,21)/t11-,28+/m0/s1. The minimum atomic E-state index is -1.42. The average molecular weight is 406 g/mol. The van der Waals surface area contributed by atoms with Crippen molar-refractivity contribution >= 4 is 34.1 Å². The Labute approximate surface area is 163 Å². The zero-order chi connectivity index (χ0) is 20.8. The van der Waals surface area contributed by atoms with Gasteiger partial charge in [0.2, 0.25) is 0 Å². The topological polar surface area (TPSA) is 125 Å². The first kappa shape index (κ1) is 21.0. The fraction of sp³-hybridized carbons (Fsp3) is 0.222. The quantitative estimate of drug-likeness (QED) is 0.425. The number of carbonyl (C=O) groups is 2. The van der Waals surface area contributed by atoms with Gasteiger partial charge in [0, 0.05) is 6.26 Å². The van der Waals surface area contributed by atoms with Gasteiger partial charge in [0.05, 0.1) is 39.4 Å². The molecule has 0 unspecified atom stereocenters. The molecule has 2 aromatic rings. The number of benzene rings is 2. The first-order chi connectivity index (χ1) is 13.2. The molecule has 2 aromatic carbocycles. The molecule has 0 bridgehead atoms. The van der Waals surface area contributed by atoms with Crippen LogP contribution in [0.15, 0.2) is 47.4 Å². The maximum absolute atomic E-state index is 12.3. The normalized spacial score (nSPS) is 12.5. The number of nitro groups is 1. The van der Waals surface area contributed by atoms with E-state index in [0.29, 0.717) is 0 Å². The number of rotatable bonds is 7. The van der Waals surface area contributed by atoms with E-state index in [-0.39, 0.29) is 27.6 Å². The maximum Gasteiger partial charge on any atom is 0.340 e. The molecule has 0 fully saturated rings. The summed E-state index contributed by atoms with van der Waals surface area (Å²) in [6, 6.07) is 10.1. The van der Waals surface area contributed by atoms with Crippen LogP contribution in [0.4, 0.5) is 11.4 Å². The van der Waals surface area contributed by atoms with Crippen LogP contribution < -0.4 is 10.1 Å². The van der Waals surface area contributed by atoms with Crippen molar-refractivity contribution in [2.24, 2.45) is 0 Å². The largest absolute Gasteiger partial charge is 0.496 e. The fourth-order valence-electron chi connectivity index (χ4n) is 2.29. The number of esters is 1. The Bertz CT molecular complexity index is 945. The second-order valence-electron chi connectivity index (χ2n) is 5.63. The summed E-state index contributed by atoms with van der Waals surface area (Å²) in [5.41, 5.74) is -0.342. The van der Waals surface area contributed by atoms with Gasteiger partial charge < -0.3 is 14.8 Å². The van der Waals surface area contributed by atoms with Gasteiger partial charge in [0.25, 0.3) is 11.6 Å². The lowest BCUT2D eigenvalue weighted by Crippen LogP contribution is -2.30. The van der Waals surface area contributed by atoms with Gasteiger partial charge >= 0.3 is 5.97 Å². The summed E-state index contributed by atoms with van der Waals surface area (Å²) >= 11 is 0. The molecule has 0 aliphatic heterocycles. The molecule has 0 aliphatic carbocycles. The van der Waals surface area contributed by atoms with Crippen LogP contribution in [0.5, 0.6) is 5.75 Å². The molecule has 0 radical (unpaired) electrons. The van der Waals surface area contributed by atoms with E-state index < -0.39 is 33.7 Å². The molecule has 0 saturated heterocycles. The number of nitrogens with one attached hydrogen (secondary N) is 1. The summed E-state index contributed by atoms with van der Waals surface area (Å²) in [5.74, 6) is -1.32. The fourth-order valence-corrected chi connectivity index (χ4v) is 3.02. The van der Waals surface area contributed by atoms with Crippen LogP contribution in [-0.2, 0) is 20.3 Å². The lowest BCUT2D eigenvalue weighted by molar-refractivity contribution is -0.384. The molecule has 0 aliphatic rings. The van der Waals surface area contributed by atoms with Crippen LogP contribution >= 0.6 is 0 Å². The van der Waals surface area contributed by atoms with Gasteiger partial charge in [0.15, 0.2) is 6.10 Å². The summed E-state index contributed by atoms with van der Waals surface area (Å²) in [6.07, 6.45) is 0.179. The Morgan fingerprint density at radius 3 is 2.50 bits per heavy atom. The first-order valence-corrected chi connectivity index (χ1v) is 9.57. The van der Waals surface area contributed by atoms with Gasteiger partial charge in [0.1, 0.15) is 11.4 Å². The van der Waals surface area contributed by atoms with Gasteiger partial charge in [-0.1, -0.05) is 12.1 Å². The molecule has 148 valence electrons. The lowest BCUT2D eigenvalue weighted by atomic mass is 10.2. The number of methoxy groups -OCH3 is 1. The van der Waals surface area contributed by atoms with Gasteiger partial charge in [-0.2, -0.15) is 0 Å². The Balaban J connectivity index is 2.15. The van der Waals surface area contributed by atoms with E-state index >= 15 is 0 Å². The second kappa shape index (κ2) is 9.09. The summed E-state index contributed by atoms with van der Waals surface area (Å²) in [4.78, 5) is 35.5. The Morgan fingerprint density at radius 2 is 1.89 bits per heavy atom. The highest BCUT2D eigenvalue weighted by molar-refractivity contribution is 7.84. The van der Waals surface area contributed by atoms with Crippen LogP contribution in [0.25, 0.3) is 0 Å². The van der Waals surface area contributed by atoms with E-state index in [1.807, 2.05) is 0 Å². The zero-order valence-corrected chi connectivity index (χ0v) is 16.1. The first-order valence-electron chi connectivity index (χ1n) is 8.01. The highest BCUT2D eigenvalue weighted by Gasteiger charge is 2.24. The third-order valence-corrected chi connectivity index (χ3v) is 4.70. The number of anilines is 1. The Morgan fingerprint density at radius 1 is 1.21 bits per heavy atom. The van der Waals surface area contributed by atoms with Crippen LogP contribution in [0.1, 0.15) is 17.3 Å². The molecular formula is C18H18N2O7S. The van der Waals surface area contributed by atoms with Crippen molar-refractivity contribution in [1.82, 2.24) is 0 Å². The molecule has 9 nitrogen and oxygen atoms in total. The summed E-state index contributed by atoms with van der Waals surface area (Å²) in [6.45, 7) is 1.33. The van der Waals surface area contributed by atoms with Crippen molar-refractivity contribution in [3.63, 3.8) is 0 Å². The third kappa shape index (κ3) is 4.92. The van der Waals surface area contributed by atoms with Gasteiger partial charge in [-0.15, -0.1) is 0 Å². The van der Waals surface area contributed by atoms with Gasteiger partial charge in [-0.05, 0) is 31.2 Å². The summed E-state index contributed by atoms with van der Waals surface area (Å²) in [7, 11) is -0.0568. The van der Waals surface area contributed by atoms with Gasteiger partial charge in [-0.3, -0.25) is 19.1 Å². The predicted octanol–water partition coefficient (Wildman–Crippen LogP) is 2.52. The Kier molecular flexibility index (Phi) is 6.83. The van der Waals surface area contributed by atoms with E-state index in [1.165, 1.54) is 50.6 Å². The van der Waals surface area contributed by atoms with E-state index in [4.69, 9.17) is 9.47 Å². The van der Waals surface area contributed by atoms with E-state index in [2.05, 4.69) is 5.32 Å². The predicted molar refractivity (Wildman–Crippen MR) is 102 cm³/mol. The smallest absolute Gasteiger partial charge is 0.340 e. The minimum Gasteiger partial charge on any atom is -0.496 e. The number of hydrogen-bond donors (Lipinski definition) is 1. The molecule has 1 amide bonds. The van der Waals surface area contributed by atoms with Crippen LogP contribution in [0, 0.1) is 10.1 Å². The van der Waals surface area contributed by atoms with Crippen molar-refractivity contribution in [2.45, 2.75) is 17.9 Å². The van der Waals surface area contributed by atoms with Crippen molar-refractivity contribution in [3.8, 4) is 5.75 Å². The molecule has 2 atom stereocenters. The number of ether oxygens (including phenoxy) is 2. The third-order valence-electron chi connectivity index (χ3n) is 3.73. The Hall–Kier alpha value is -3.27. The monoisotopic (exact) mass is 406 g/mol. The van der Waals surface area contributed by atoms with Crippen LogP contribution in [-0.4, -0.2) is 40.5 Å². The van der Waals surface area contributed by atoms with Gasteiger partial charge in [-0.25, -0.2) is 4.79 Å². The number of amides is 1. The van der Waals surface area contributed by atoms with Crippen molar-refractivity contribution in [1.29, 1.82) is 0 Å².